The molecule has 23 heavy (non-hydrogen) atoms. The van der Waals surface area contributed by atoms with Gasteiger partial charge in [0.15, 0.2) is 5.96 Å². The average Bonchev–Trinajstić information content (AvgIpc) is 3.07. The van der Waals surface area contributed by atoms with E-state index in [1.807, 2.05) is 18.7 Å². The van der Waals surface area contributed by atoms with Crippen molar-refractivity contribution in [3.8, 4) is 0 Å². The zero-order valence-electron chi connectivity index (χ0n) is 14.2. The summed E-state index contributed by atoms with van der Waals surface area (Å²) >= 11 is 1.79. The molecule has 2 heterocycles. The summed E-state index contributed by atoms with van der Waals surface area (Å²) < 4.78 is 1.91. The molecule has 0 aliphatic carbocycles. The zero-order chi connectivity index (χ0) is 15.9. The number of hydrogen-bond donors (Lipinski definition) is 2. The van der Waals surface area contributed by atoms with E-state index in [4.69, 9.17) is 0 Å². The minimum atomic E-state index is 0. The molecule has 0 aliphatic heterocycles. The highest BCUT2D eigenvalue weighted by atomic mass is 127. The number of aliphatic imine (C=N–C) groups is 1. The van der Waals surface area contributed by atoms with Crippen LogP contribution in [0.2, 0.25) is 0 Å². The van der Waals surface area contributed by atoms with Crippen molar-refractivity contribution in [2.45, 2.75) is 33.7 Å². The SMILES string of the molecule is CCNC(=NCc1c(C)nn(C)c1C)NCCc1cccs1.I. The highest BCUT2D eigenvalue weighted by Crippen LogP contribution is 2.12. The number of thiophene rings is 1. The largest absolute Gasteiger partial charge is 0.357 e. The van der Waals surface area contributed by atoms with Crippen LogP contribution in [-0.4, -0.2) is 28.8 Å². The monoisotopic (exact) mass is 447 g/mol. The van der Waals surface area contributed by atoms with Gasteiger partial charge in [-0.25, -0.2) is 4.99 Å². The van der Waals surface area contributed by atoms with Gasteiger partial charge in [-0.3, -0.25) is 4.68 Å². The van der Waals surface area contributed by atoms with E-state index >= 15 is 0 Å². The smallest absolute Gasteiger partial charge is 0.191 e. The second-order valence-electron chi connectivity index (χ2n) is 5.22. The Morgan fingerprint density at radius 3 is 2.70 bits per heavy atom. The third kappa shape index (κ3) is 5.80. The maximum Gasteiger partial charge on any atom is 0.191 e. The van der Waals surface area contributed by atoms with Gasteiger partial charge in [0.1, 0.15) is 0 Å². The normalized spacial score (nSPS) is 11.2. The highest BCUT2D eigenvalue weighted by molar-refractivity contribution is 14.0. The number of rotatable bonds is 6. The number of aromatic nitrogens is 2. The van der Waals surface area contributed by atoms with E-state index in [0.717, 1.165) is 31.2 Å². The lowest BCUT2D eigenvalue weighted by molar-refractivity contribution is 0.730. The first-order chi connectivity index (χ1) is 10.6. The molecule has 0 aliphatic rings. The van der Waals surface area contributed by atoms with Gasteiger partial charge in [-0.05, 0) is 38.6 Å². The lowest BCUT2D eigenvalue weighted by Crippen LogP contribution is -2.38. The number of hydrogen-bond acceptors (Lipinski definition) is 3. The zero-order valence-corrected chi connectivity index (χ0v) is 17.4. The van der Waals surface area contributed by atoms with E-state index in [-0.39, 0.29) is 24.0 Å². The highest BCUT2D eigenvalue weighted by Gasteiger charge is 2.08. The van der Waals surface area contributed by atoms with Gasteiger partial charge in [0, 0.05) is 36.3 Å². The van der Waals surface area contributed by atoms with E-state index < -0.39 is 0 Å². The Morgan fingerprint density at radius 1 is 1.35 bits per heavy atom. The van der Waals surface area contributed by atoms with E-state index in [9.17, 15) is 0 Å². The number of aryl methyl sites for hydroxylation is 2. The fraction of sp³-hybridized carbons (Fsp3) is 0.500. The van der Waals surface area contributed by atoms with Crippen LogP contribution in [0.25, 0.3) is 0 Å². The first-order valence-electron chi connectivity index (χ1n) is 7.65. The van der Waals surface area contributed by atoms with Gasteiger partial charge in [-0.15, -0.1) is 35.3 Å². The Balaban J connectivity index is 0.00000264. The average molecular weight is 447 g/mol. The molecule has 0 atom stereocenters. The molecular formula is C16H26IN5S. The number of halogens is 1. The van der Waals surface area contributed by atoms with Crippen molar-refractivity contribution < 1.29 is 0 Å². The summed E-state index contributed by atoms with van der Waals surface area (Å²) in [7, 11) is 1.97. The van der Waals surface area contributed by atoms with Gasteiger partial charge in [0.2, 0.25) is 0 Å². The summed E-state index contributed by atoms with van der Waals surface area (Å²) in [4.78, 5) is 6.07. The topological polar surface area (TPSA) is 54.2 Å². The summed E-state index contributed by atoms with van der Waals surface area (Å²) in [6, 6.07) is 4.26. The van der Waals surface area contributed by atoms with Crippen LogP contribution in [0.4, 0.5) is 0 Å². The van der Waals surface area contributed by atoms with Crippen LogP contribution in [0.1, 0.15) is 28.8 Å². The molecule has 0 unspecified atom stereocenters. The predicted molar refractivity (Wildman–Crippen MR) is 109 cm³/mol. The minimum Gasteiger partial charge on any atom is -0.357 e. The molecule has 0 bridgehead atoms. The van der Waals surface area contributed by atoms with E-state index in [0.29, 0.717) is 6.54 Å². The Bertz CT molecular complexity index is 619. The third-order valence-corrected chi connectivity index (χ3v) is 4.58. The van der Waals surface area contributed by atoms with Crippen molar-refractivity contribution >= 4 is 41.3 Å². The van der Waals surface area contributed by atoms with Crippen molar-refractivity contribution in [3.63, 3.8) is 0 Å². The van der Waals surface area contributed by atoms with Gasteiger partial charge in [0.25, 0.3) is 0 Å². The van der Waals surface area contributed by atoms with Crippen LogP contribution >= 0.6 is 35.3 Å². The van der Waals surface area contributed by atoms with E-state index in [1.54, 1.807) is 11.3 Å². The Morgan fingerprint density at radius 2 is 2.13 bits per heavy atom. The Kier molecular flexibility index (Phi) is 8.60. The molecule has 5 nitrogen and oxygen atoms in total. The van der Waals surface area contributed by atoms with Crippen molar-refractivity contribution in [2.24, 2.45) is 12.0 Å². The molecule has 0 aromatic carbocycles. The number of guanidine groups is 1. The van der Waals surface area contributed by atoms with Crippen molar-refractivity contribution in [2.75, 3.05) is 13.1 Å². The second kappa shape index (κ2) is 9.92. The maximum atomic E-state index is 4.68. The third-order valence-electron chi connectivity index (χ3n) is 3.64. The molecule has 128 valence electrons. The molecule has 0 radical (unpaired) electrons. The first kappa shape index (κ1) is 20.0. The quantitative estimate of drug-likeness (QED) is 0.407. The molecule has 0 fully saturated rings. The summed E-state index contributed by atoms with van der Waals surface area (Å²) in [6.07, 6.45) is 1.02. The fourth-order valence-corrected chi connectivity index (χ4v) is 3.01. The molecule has 7 heteroatoms. The van der Waals surface area contributed by atoms with Crippen LogP contribution in [0.5, 0.6) is 0 Å². The molecule has 2 aromatic heterocycles. The molecule has 0 saturated carbocycles. The first-order valence-corrected chi connectivity index (χ1v) is 8.53. The van der Waals surface area contributed by atoms with Crippen molar-refractivity contribution in [3.05, 3.63) is 39.3 Å². The van der Waals surface area contributed by atoms with Crippen molar-refractivity contribution in [1.29, 1.82) is 0 Å². The molecule has 2 rings (SSSR count). The molecule has 2 N–H and O–H groups in total. The van der Waals surface area contributed by atoms with Gasteiger partial charge in [0.05, 0.1) is 12.2 Å². The van der Waals surface area contributed by atoms with E-state index in [2.05, 4.69) is 52.1 Å². The van der Waals surface area contributed by atoms with Crippen LogP contribution in [0.3, 0.4) is 0 Å². The Hall–Kier alpha value is -1.09. The van der Waals surface area contributed by atoms with Crippen molar-refractivity contribution in [1.82, 2.24) is 20.4 Å². The predicted octanol–water partition coefficient (Wildman–Crippen LogP) is 3.01. The van der Waals surface area contributed by atoms with Crippen LogP contribution in [-0.2, 0) is 20.0 Å². The summed E-state index contributed by atoms with van der Waals surface area (Å²) in [5, 5.41) is 13.2. The number of nitrogens with zero attached hydrogens (tertiary/aromatic N) is 3. The molecule has 2 aromatic rings. The van der Waals surface area contributed by atoms with E-state index in [1.165, 1.54) is 16.1 Å². The second-order valence-corrected chi connectivity index (χ2v) is 6.26. The summed E-state index contributed by atoms with van der Waals surface area (Å²) in [5.74, 6) is 0.863. The fourth-order valence-electron chi connectivity index (χ4n) is 2.31. The van der Waals surface area contributed by atoms with Gasteiger partial charge in [-0.2, -0.15) is 5.10 Å². The Labute approximate surface area is 159 Å². The summed E-state index contributed by atoms with van der Waals surface area (Å²) in [6.45, 7) is 8.60. The lowest BCUT2D eigenvalue weighted by atomic mass is 10.2. The van der Waals surface area contributed by atoms with Gasteiger partial charge < -0.3 is 10.6 Å². The molecule has 0 amide bonds. The molecule has 0 saturated heterocycles. The molecular weight excluding hydrogens is 421 g/mol. The van der Waals surface area contributed by atoms with Crippen LogP contribution < -0.4 is 10.6 Å². The molecule has 0 spiro atoms. The maximum absolute atomic E-state index is 4.68. The van der Waals surface area contributed by atoms with Crippen LogP contribution in [0, 0.1) is 13.8 Å². The standard InChI is InChI=1S/C16H25N5S.HI/c1-5-17-16(18-9-8-14-7-6-10-22-14)19-11-15-12(2)20-21(4)13(15)3;/h6-7,10H,5,8-9,11H2,1-4H3,(H2,17,18,19);1H. The van der Waals surface area contributed by atoms with Gasteiger partial charge >= 0.3 is 0 Å². The van der Waals surface area contributed by atoms with Crippen LogP contribution in [0.15, 0.2) is 22.5 Å². The summed E-state index contributed by atoms with van der Waals surface area (Å²) in [5.41, 5.74) is 3.44. The number of nitrogens with one attached hydrogen (secondary N) is 2. The minimum absolute atomic E-state index is 0. The lowest BCUT2D eigenvalue weighted by Gasteiger charge is -2.11. The van der Waals surface area contributed by atoms with Gasteiger partial charge in [-0.1, -0.05) is 6.07 Å².